The van der Waals surface area contributed by atoms with Crippen molar-refractivity contribution in [1.82, 2.24) is 25.7 Å². The molecule has 2 N–H and O–H groups in total. The van der Waals surface area contributed by atoms with Crippen LogP contribution in [-0.4, -0.2) is 58.2 Å². The molecule has 39 heavy (non-hydrogen) atoms. The zero-order valence-corrected chi connectivity index (χ0v) is 22.4. The number of likely N-dealkylation sites (tertiary alicyclic amines) is 1. The number of benzene rings is 1. The first-order valence-electron chi connectivity index (χ1n) is 12.9. The first-order valence-corrected chi connectivity index (χ1v) is 12.9. The molecule has 0 saturated carbocycles. The Kier molecular flexibility index (Phi) is 9.92. The van der Waals surface area contributed by atoms with Gasteiger partial charge in [-0.3, -0.25) is 14.5 Å². The molecule has 3 atom stereocenters. The Morgan fingerprint density at radius 3 is 2.46 bits per heavy atom. The highest BCUT2D eigenvalue weighted by atomic mass is 19.4. The fourth-order valence-corrected chi connectivity index (χ4v) is 4.14. The second-order valence-electron chi connectivity index (χ2n) is 10.0. The predicted octanol–water partition coefficient (Wildman–Crippen LogP) is 4.16. The number of halogens is 3. The van der Waals surface area contributed by atoms with Crippen LogP contribution in [0.3, 0.4) is 0 Å². The lowest BCUT2D eigenvalue weighted by Crippen LogP contribution is -2.56. The summed E-state index contributed by atoms with van der Waals surface area (Å²) in [6, 6.07) is 4.64. The van der Waals surface area contributed by atoms with E-state index in [1.165, 1.54) is 17.0 Å². The molecule has 13 heteroatoms. The number of carbonyl (C=O) groups is 3. The van der Waals surface area contributed by atoms with Gasteiger partial charge in [-0.2, -0.15) is 18.2 Å². The molecule has 1 aromatic heterocycles. The number of carbonyl (C=O) groups excluding carboxylic acids is 3. The van der Waals surface area contributed by atoms with Crippen LogP contribution in [-0.2, 0) is 27.0 Å². The molecule has 10 nitrogen and oxygen atoms in total. The Balaban J connectivity index is 1.55. The third-order valence-electron chi connectivity index (χ3n) is 6.47. The quantitative estimate of drug-likeness (QED) is 0.478. The molecule has 214 valence electrons. The van der Waals surface area contributed by atoms with Crippen LogP contribution in [0, 0.1) is 11.8 Å². The van der Waals surface area contributed by atoms with E-state index < -0.39 is 42.1 Å². The van der Waals surface area contributed by atoms with Crippen LogP contribution in [0.15, 0.2) is 28.8 Å². The molecule has 1 fully saturated rings. The monoisotopic (exact) mass is 553 g/mol. The summed E-state index contributed by atoms with van der Waals surface area (Å²) < 4.78 is 47.6. The molecule has 0 aliphatic carbocycles. The molecule has 2 heterocycles. The second-order valence-corrected chi connectivity index (χ2v) is 10.0. The van der Waals surface area contributed by atoms with Gasteiger partial charge in [-0.25, -0.2) is 4.79 Å². The van der Waals surface area contributed by atoms with Crippen molar-refractivity contribution in [2.45, 2.75) is 71.8 Å². The van der Waals surface area contributed by atoms with E-state index in [2.05, 4.69) is 25.3 Å². The fourth-order valence-electron chi connectivity index (χ4n) is 4.14. The molecule has 0 spiro atoms. The van der Waals surface area contributed by atoms with Gasteiger partial charge in [0.1, 0.15) is 12.1 Å². The molecule has 0 bridgehead atoms. The van der Waals surface area contributed by atoms with Crippen molar-refractivity contribution in [3.63, 3.8) is 0 Å². The summed E-state index contributed by atoms with van der Waals surface area (Å²) >= 11 is 0. The van der Waals surface area contributed by atoms with E-state index in [1.54, 1.807) is 19.1 Å². The third-order valence-corrected chi connectivity index (χ3v) is 6.47. The Morgan fingerprint density at radius 2 is 1.87 bits per heavy atom. The molecule has 0 unspecified atom stereocenters. The van der Waals surface area contributed by atoms with E-state index in [0.717, 1.165) is 12.8 Å². The first-order chi connectivity index (χ1) is 18.4. The van der Waals surface area contributed by atoms with E-state index in [-0.39, 0.29) is 30.8 Å². The van der Waals surface area contributed by atoms with Crippen molar-refractivity contribution in [3.8, 4) is 11.4 Å². The van der Waals surface area contributed by atoms with Crippen molar-refractivity contribution in [1.29, 1.82) is 0 Å². The Bertz CT molecular complexity index is 1140. The van der Waals surface area contributed by atoms with E-state index in [9.17, 15) is 27.6 Å². The van der Waals surface area contributed by atoms with Gasteiger partial charge in [0.2, 0.25) is 17.6 Å². The number of amides is 3. The predicted molar refractivity (Wildman–Crippen MR) is 134 cm³/mol. The maximum Gasteiger partial charge on any atom is 0.471 e. The topological polar surface area (TPSA) is 127 Å². The summed E-state index contributed by atoms with van der Waals surface area (Å²) in [5.74, 6) is -2.04. The zero-order chi connectivity index (χ0) is 28.7. The minimum Gasteiger partial charge on any atom is -0.449 e. The number of rotatable bonds is 9. The number of nitrogens with zero attached hydrogens (tertiary/aromatic N) is 3. The molecule has 3 amide bonds. The van der Waals surface area contributed by atoms with Gasteiger partial charge in [-0.1, -0.05) is 56.6 Å². The average Bonchev–Trinajstić information content (AvgIpc) is 3.41. The van der Waals surface area contributed by atoms with Crippen molar-refractivity contribution >= 4 is 17.9 Å². The van der Waals surface area contributed by atoms with Gasteiger partial charge in [-0.05, 0) is 37.2 Å². The lowest BCUT2D eigenvalue weighted by atomic mass is 9.88. The minimum absolute atomic E-state index is 0.119. The first kappa shape index (κ1) is 29.9. The van der Waals surface area contributed by atoms with E-state index in [0.29, 0.717) is 24.1 Å². The largest absolute Gasteiger partial charge is 0.471 e. The minimum atomic E-state index is -4.73. The average molecular weight is 554 g/mol. The van der Waals surface area contributed by atoms with Crippen molar-refractivity contribution < 1.29 is 36.8 Å². The summed E-state index contributed by atoms with van der Waals surface area (Å²) in [5.41, 5.74) is 0.988. The smallest absolute Gasteiger partial charge is 0.449 e. The van der Waals surface area contributed by atoms with Gasteiger partial charge in [0.25, 0.3) is 0 Å². The van der Waals surface area contributed by atoms with Crippen LogP contribution in [0.25, 0.3) is 11.4 Å². The van der Waals surface area contributed by atoms with E-state index in [4.69, 9.17) is 4.74 Å². The lowest BCUT2D eigenvalue weighted by molar-refractivity contribution is -0.159. The normalized spacial score (nSPS) is 18.5. The van der Waals surface area contributed by atoms with Crippen LogP contribution in [0.1, 0.15) is 58.4 Å². The highest BCUT2D eigenvalue weighted by molar-refractivity contribution is 5.91. The maximum absolute atomic E-state index is 13.1. The Hall–Kier alpha value is -3.64. The maximum atomic E-state index is 13.1. The molecule has 2 aromatic rings. The van der Waals surface area contributed by atoms with Crippen molar-refractivity contribution in [2.75, 3.05) is 13.2 Å². The van der Waals surface area contributed by atoms with Gasteiger partial charge >= 0.3 is 18.2 Å². The Labute approximate surface area is 224 Å². The third kappa shape index (κ3) is 8.17. The van der Waals surface area contributed by atoms with Gasteiger partial charge < -0.3 is 19.9 Å². The van der Waals surface area contributed by atoms with Crippen molar-refractivity contribution in [3.05, 3.63) is 35.7 Å². The second kappa shape index (κ2) is 12.9. The van der Waals surface area contributed by atoms with Crippen LogP contribution < -0.4 is 10.6 Å². The summed E-state index contributed by atoms with van der Waals surface area (Å²) in [7, 11) is 0. The SMILES string of the molecule is CC[C@H]1CCN(C(=O)OCC(C)C)[C@@H](C(=O)N[C@@H](C)C(=O)NCc2ccc(-c3noc(C(F)(F)F)n3)cc2)C1. The summed E-state index contributed by atoms with van der Waals surface area (Å²) in [6.45, 7) is 8.22. The molecule has 1 aromatic carbocycles. The molecular formula is C26H34F3N5O5. The van der Waals surface area contributed by atoms with Crippen LogP contribution in [0.5, 0.6) is 0 Å². The van der Waals surface area contributed by atoms with E-state index >= 15 is 0 Å². The number of piperidine rings is 1. The summed E-state index contributed by atoms with van der Waals surface area (Å²) in [6.07, 6.45) is -3.11. The Morgan fingerprint density at radius 1 is 1.18 bits per heavy atom. The molecule has 1 aliphatic rings. The summed E-state index contributed by atoms with van der Waals surface area (Å²) in [4.78, 5) is 43.2. The molecule has 1 saturated heterocycles. The molecule has 1 aliphatic heterocycles. The summed E-state index contributed by atoms with van der Waals surface area (Å²) in [5, 5.41) is 8.77. The number of hydrogen-bond donors (Lipinski definition) is 2. The van der Waals surface area contributed by atoms with Gasteiger partial charge in [0.15, 0.2) is 0 Å². The zero-order valence-electron chi connectivity index (χ0n) is 22.4. The van der Waals surface area contributed by atoms with Crippen LogP contribution in [0.2, 0.25) is 0 Å². The number of alkyl halides is 3. The van der Waals surface area contributed by atoms with Gasteiger partial charge in [-0.15, -0.1) is 0 Å². The van der Waals surface area contributed by atoms with E-state index in [1.807, 2.05) is 20.8 Å². The highest BCUT2D eigenvalue weighted by Crippen LogP contribution is 2.29. The number of ether oxygens (including phenoxy) is 1. The number of aromatic nitrogens is 2. The highest BCUT2D eigenvalue weighted by Gasteiger charge is 2.39. The standard InChI is InChI=1S/C26H34F3N5O5/c1-5-17-10-11-34(25(37)38-14-15(2)3)20(12-17)23(36)31-16(4)22(35)30-13-18-6-8-19(9-7-18)21-32-24(39-33-21)26(27,28)29/h6-9,15-17,20H,5,10-14H2,1-4H3,(H,30,35)(H,31,36)/t16-,17-,20+/m0/s1. The molecule has 0 radical (unpaired) electrons. The van der Waals surface area contributed by atoms with Gasteiger partial charge in [0, 0.05) is 18.7 Å². The fraction of sp³-hybridized carbons (Fsp3) is 0.577. The number of nitrogens with one attached hydrogen (secondary N) is 2. The molecule has 3 rings (SSSR count). The van der Waals surface area contributed by atoms with Crippen LogP contribution in [0.4, 0.5) is 18.0 Å². The molecular weight excluding hydrogens is 519 g/mol. The number of hydrogen-bond acceptors (Lipinski definition) is 7. The van der Waals surface area contributed by atoms with Crippen LogP contribution >= 0.6 is 0 Å². The van der Waals surface area contributed by atoms with Crippen molar-refractivity contribution in [2.24, 2.45) is 11.8 Å². The van der Waals surface area contributed by atoms with Gasteiger partial charge in [0.05, 0.1) is 6.61 Å². The lowest BCUT2D eigenvalue weighted by Gasteiger charge is -2.38.